The summed E-state index contributed by atoms with van der Waals surface area (Å²) in [6.07, 6.45) is 13.5. The zero-order valence-corrected chi connectivity index (χ0v) is 13.6. The van der Waals surface area contributed by atoms with E-state index in [0.717, 1.165) is 0 Å². The van der Waals surface area contributed by atoms with Crippen molar-refractivity contribution in [2.45, 2.75) is 63.5 Å². The smallest absolute Gasteiger partial charge is 0.0522 e. The molecule has 2 fully saturated rings. The van der Waals surface area contributed by atoms with E-state index in [9.17, 15) is 0 Å². The van der Waals surface area contributed by atoms with Gasteiger partial charge in [-0.15, -0.1) is 0 Å². The van der Waals surface area contributed by atoms with Crippen molar-refractivity contribution in [3.63, 3.8) is 0 Å². The molecule has 21 heavy (non-hydrogen) atoms. The summed E-state index contributed by atoms with van der Waals surface area (Å²) in [7, 11) is 2.13. The molecule has 3 nitrogen and oxygen atoms in total. The number of nitrogens with one attached hydrogen (secondary N) is 1. The third-order valence-electron chi connectivity index (χ3n) is 5.67. The predicted molar refractivity (Wildman–Crippen MR) is 87.4 cm³/mol. The van der Waals surface area contributed by atoms with E-state index in [0.29, 0.717) is 11.6 Å². The number of aromatic nitrogens is 1. The Morgan fingerprint density at radius 2 is 1.86 bits per heavy atom. The molecule has 1 aliphatic heterocycles. The fourth-order valence-electron chi connectivity index (χ4n) is 4.61. The van der Waals surface area contributed by atoms with Crippen LogP contribution in [0.5, 0.6) is 0 Å². The Kier molecular flexibility index (Phi) is 4.60. The molecule has 0 amide bonds. The summed E-state index contributed by atoms with van der Waals surface area (Å²) in [6.45, 7) is 4.77. The van der Waals surface area contributed by atoms with Gasteiger partial charge in [0.25, 0.3) is 0 Å². The summed E-state index contributed by atoms with van der Waals surface area (Å²) in [5.74, 6) is 0. The van der Waals surface area contributed by atoms with Gasteiger partial charge < -0.3 is 5.32 Å². The van der Waals surface area contributed by atoms with E-state index < -0.39 is 0 Å². The first-order chi connectivity index (χ1) is 10.3. The second kappa shape index (κ2) is 6.45. The molecule has 3 rings (SSSR count). The van der Waals surface area contributed by atoms with Crippen molar-refractivity contribution in [3.05, 3.63) is 29.6 Å². The van der Waals surface area contributed by atoms with Crippen molar-refractivity contribution in [1.82, 2.24) is 15.2 Å². The minimum absolute atomic E-state index is 0.308. The molecule has 1 atom stereocenters. The fraction of sp³-hybridized carbons (Fsp3) is 0.722. The van der Waals surface area contributed by atoms with E-state index in [-0.39, 0.29) is 0 Å². The van der Waals surface area contributed by atoms with Crippen molar-refractivity contribution < 1.29 is 0 Å². The monoisotopic (exact) mass is 287 g/mol. The van der Waals surface area contributed by atoms with Crippen LogP contribution in [0.2, 0.25) is 0 Å². The Bertz CT molecular complexity index is 459. The average molecular weight is 287 g/mol. The van der Waals surface area contributed by atoms with Crippen LogP contribution >= 0.6 is 0 Å². The molecule has 0 radical (unpaired) electrons. The summed E-state index contributed by atoms with van der Waals surface area (Å²) in [6, 6.07) is 2.56. The van der Waals surface area contributed by atoms with Crippen molar-refractivity contribution in [1.29, 1.82) is 0 Å². The SMILES string of the molecule is CNC(c1cnccc1C)C1(N2CCCCC2)CCCC1. The molecule has 1 saturated heterocycles. The van der Waals surface area contributed by atoms with Gasteiger partial charge in [-0.05, 0) is 69.9 Å². The second-order valence-electron chi connectivity index (χ2n) is 6.81. The van der Waals surface area contributed by atoms with Gasteiger partial charge in [-0.3, -0.25) is 9.88 Å². The number of rotatable bonds is 4. The summed E-state index contributed by atoms with van der Waals surface area (Å²) in [5.41, 5.74) is 3.07. The highest BCUT2D eigenvalue weighted by molar-refractivity contribution is 5.29. The number of piperidine rings is 1. The number of likely N-dealkylation sites (tertiary alicyclic amines) is 1. The zero-order valence-electron chi connectivity index (χ0n) is 13.6. The van der Waals surface area contributed by atoms with Crippen LogP contribution in [-0.2, 0) is 0 Å². The minimum atomic E-state index is 0.308. The molecular weight excluding hydrogens is 258 g/mol. The number of likely N-dealkylation sites (N-methyl/N-ethyl adjacent to an activating group) is 1. The van der Waals surface area contributed by atoms with Gasteiger partial charge >= 0.3 is 0 Å². The molecule has 1 unspecified atom stereocenters. The van der Waals surface area contributed by atoms with Crippen LogP contribution in [0, 0.1) is 6.92 Å². The Hall–Kier alpha value is -0.930. The lowest BCUT2D eigenvalue weighted by Gasteiger charge is -2.48. The molecule has 2 heterocycles. The van der Waals surface area contributed by atoms with E-state index in [1.54, 1.807) is 0 Å². The largest absolute Gasteiger partial charge is 0.311 e. The van der Waals surface area contributed by atoms with Crippen molar-refractivity contribution in [2.24, 2.45) is 0 Å². The van der Waals surface area contributed by atoms with Crippen molar-refractivity contribution >= 4 is 0 Å². The highest BCUT2D eigenvalue weighted by Crippen LogP contribution is 2.45. The van der Waals surface area contributed by atoms with E-state index in [2.05, 4.69) is 41.4 Å². The average Bonchev–Trinajstić information content (AvgIpc) is 3.01. The first-order valence-corrected chi connectivity index (χ1v) is 8.61. The Balaban J connectivity index is 1.96. The molecule has 1 aliphatic carbocycles. The molecule has 1 N–H and O–H groups in total. The van der Waals surface area contributed by atoms with Crippen LogP contribution < -0.4 is 5.32 Å². The number of hydrogen-bond donors (Lipinski definition) is 1. The van der Waals surface area contributed by atoms with Gasteiger partial charge in [0.15, 0.2) is 0 Å². The third-order valence-corrected chi connectivity index (χ3v) is 5.67. The molecule has 2 aliphatic rings. The van der Waals surface area contributed by atoms with E-state index in [1.165, 1.54) is 69.2 Å². The molecule has 1 aromatic rings. The topological polar surface area (TPSA) is 28.2 Å². The quantitative estimate of drug-likeness (QED) is 0.919. The van der Waals surface area contributed by atoms with Gasteiger partial charge in [0.1, 0.15) is 0 Å². The first kappa shape index (κ1) is 15.0. The predicted octanol–water partition coefficient (Wildman–Crippen LogP) is 3.45. The number of aryl methyl sites for hydroxylation is 1. The van der Waals surface area contributed by atoms with Crippen LogP contribution in [-0.4, -0.2) is 35.6 Å². The Morgan fingerprint density at radius 3 is 2.48 bits per heavy atom. The van der Waals surface area contributed by atoms with Crippen LogP contribution in [0.4, 0.5) is 0 Å². The molecular formula is C18H29N3. The summed E-state index contributed by atoms with van der Waals surface area (Å²) >= 11 is 0. The van der Waals surface area contributed by atoms with Crippen LogP contribution in [0.3, 0.4) is 0 Å². The maximum Gasteiger partial charge on any atom is 0.0522 e. The minimum Gasteiger partial charge on any atom is -0.311 e. The van der Waals surface area contributed by atoms with Crippen molar-refractivity contribution in [2.75, 3.05) is 20.1 Å². The van der Waals surface area contributed by atoms with Gasteiger partial charge in [-0.25, -0.2) is 0 Å². The van der Waals surface area contributed by atoms with E-state index in [1.807, 2.05) is 6.20 Å². The Morgan fingerprint density at radius 1 is 1.14 bits per heavy atom. The lowest BCUT2D eigenvalue weighted by Crippen LogP contribution is -2.56. The summed E-state index contributed by atoms with van der Waals surface area (Å²) in [4.78, 5) is 7.21. The zero-order chi connectivity index (χ0) is 14.7. The molecule has 1 aromatic heterocycles. The first-order valence-electron chi connectivity index (χ1n) is 8.61. The van der Waals surface area contributed by atoms with Crippen LogP contribution in [0.25, 0.3) is 0 Å². The fourth-order valence-corrected chi connectivity index (χ4v) is 4.61. The highest BCUT2D eigenvalue weighted by atomic mass is 15.2. The standard InChI is InChI=1S/C18H29N3/c1-15-8-11-20-14-16(15)17(19-2)18(9-4-5-10-18)21-12-6-3-7-13-21/h8,11,14,17,19H,3-7,9-10,12-13H2,1-2H3. The van der Waals surface area contributed by atoms with Gasteiger partial charge in [-0.2, -0.15) is 0 Å². The normalized spacial score (nSPS) is 24.1. The number of nitrogens with zero attached hydrogens (tertiary/aromatic N) is 2. The highest BCUT2D eigenvalue weighted by Gasteiger charge is 2.46. The van der Waals surface area contributed by atoms with Crippen LogP contribution in [0.1, 0.15) is 62.1 Å². The number of hydrogen-bond acceptors (Lipinski definition) is 3. The van der Waals surface area contributed by atoms with Crippen molar-refractivity contribution in [3.8, 4) is 0 Å². The van der Waals surface area contributed by atoms with Gasteiger partial charge in [-0.1, -0.05) is 19.3 Å². The second-order valence-corrected chi connectivity index (χ2v) is 6.81. The Labute approximate surface area is 129 Å². The number of pyridine rings is 1. The lowest BCUT2D eigenvalue weighted by molar-refractivity contribution is 0.0381. The molecule has 0 bridgehead atoms. The van der Waals surface area contributed by atoms with Gasteiger partial charge in [0, 0.05) is 17.9 Å². The summed E-state index contributed by atoms with van der Waals surface area (Å²) < 4.78 is 0. The van der Waals surface area contributed by atoms with Gasteiger partial charge in [0.05, 0.1) is 6.04 Å². The van der Waals surface area contributed by atoms with E-state index >= 15 is 0 Å². The molecule has 3 heteroatoms. The molecule has 116 valence electrons. The maximum absolute atomic E-state index is 4.40. The van der Waals surface area contributed by atoms with Crippen LogP contribution in [0.15, 0.2) is 18.5 Å². The molecule has 0 spiro atoms. The maximum atomic E-state index is 4.40. The third kappa shape index (κ3) is 2.74. The lowest BCUT2D eigenvalue weighted by atomic mass is 9.80. The molecule has 1 saturated carbocycles. The summed E-state index contributed by atoms with van der Waals surface area (Å²) in [5, 5.41) is 3.66. The molecule has 0 aromatic carbocycles. The van der Waals surface area contributed by atoms with E-state index in [4.69, 9.17) is 0 Å². The van der Waals surface area contributed by atoms with Gasteiger partial charge in [0.2, 0.25) is 0 Å².